The van der Waals surface area contributed by atoms with E-state index in [2.05, 4.69) is 0 Å². The zero-order chi connectivity index (χ0) is 22.8. The number of nitrogens with zero attached hydrogens (tertiary/aromatic N) is 1. The number of benzene rings is 2. The molecule has 1 aromatic heterocycles. The highest BCUT2D eigenvalue weighted by molar-refractivity contribution is 6.51. The number of carbonyl (C=O) groups excluding carboxylic acids is 2. The van der Waals surface area contributed by atoms with Gasteiger partial charge in [-0.3, -0.25) is 14.5 Å². The lowest BCUT2D eigenvalue weighted by molar-refractivity contribution is -0.132. The van der Waals surface area contributed by atoms with Gasteiger partial charge in [-0.2, -0.15) is 0 Å². The Balaban J connectivity index is 1.91. The highest BCUT2D eigenvalue weighted by atomic mass is 16.5. The van der Waals surface area contributed by atoms with E-state index in [9.17, 15) is 14.7 Å². The van der Waals surface area contributed by atoms with Gasteiger partial charge in [0, 0.05) is 11.8 Å². The van der Waals surface area contributed by atoms with Crippen molar-refractivity contribution in [3.63, 3.8) is 0 Å². The first kappa shape index (κ1) is 21.2. The van der Waals surface area contributed by atoms with Crippen molar-refractivity contribution in [3.8, 4) is 11.5 Å². The molecule has 7 nitrogen and oxygen atoms in total. The van der Waals surface area contributed by atoms with Gasteiger partial charge < -0.3 is 19.0 Å². The number of aliphatic hydroxyl groups is 1. The fraction of sp³-hybridized carbons (Fsp3) is 0.200. The SMILES string of the molecule is CCc1ccc(N2C(=O)C(=O)/C(=C(\O)c3ccc(OC)cc3OC)C2c2ccco2)cc1. The summed E-state index contributed by atoms with van der Waals surface area (Å²) < 4.78 is 16.2. The molecule has 1 atom stereocenters. The molecule has 1 saturated heterocycles. The molecule has 1 aliphatic heterocycles. The van der Waals surface area contributed by atoms with E-state index in [-0.39, 0.29) is 16.9 Å². The molecule has 0 bridgehead atoms. The molecular weight excluding hydrogens is 410 g/mol. The van der Waals surface area contributed by atoms with Crippen molar-refractivity contribution in [2.45, 2.75) is 19.4 Å². The summed E-state index contributed by atoms with van der Waals surface area (Å²) in [6.45, 7) is 2.03. The minimum atomic E-state index is -0.927. The Labute approximate surface area is 185 Å². The van der Waals surface area contributed by atoms with Crippen molar-refractivity contribution in [3.05, 3.63) is 83.3 Å². The zero-order valence-corrected chi connectivity index (χ0v) is 18.0. The molecule has 1 fully saturated rings. The first-order valence-corrected chi connectivity index (χ1v) is 10.2. The predicted molar refractivity (Wildman–Crippen MR) is 119 cm³/mol. The van der Waals surface area contributed by atoms with E-state index in [1.807, 2.05) is 19.1 Å². The van der Waals surface area contributed by atoms with E-state index in [1.54, 1.807) is 42.5 Å². The smallest absolute Gasteiger partial charge is 0.300 e. The number of carbonyl (C=O) groups is 2. The van der Waals surface area contributed by atoms with Crippen LogP contribution >= 0.6 is 0 Å². The third-order valence-corrected chi connectivity index (χ3v) is 5.54. The van der Waals surface area contributed by atoms with E-state index in [1.165, 1.54) is 25.4 Å². The van der Waals surface area contributed by atoms with Gasteiger partial charge in [-0.1, -0.05) is 19.1 Å². The Bertz CT molecular complexity index is 1180. The lowest BCUT2D eigenvalue weighted by Gasteiger charge is -2.23. The van der Waals surface area contributed by atoms with E-state index in [0.717, 1.165) is 12.0 Å². The standard InChI is InChI=1S/C25H23NO6/c1-4-15-7-9-16(10-8-15)26-22(19-6-5-13-32-19)21(24(28)25(26)29)23(27)18-12-11-17(30-2)14-20(18)31-3/h5-14,22,27H,4H2,1-3H3/b23-21-. The Morgan fingerprint density at radius 1 is 1.06 bits per heavy atom. The highest BCUT2D eigenvalue weighted by Gasteiger charge is 2.48. The van der Waals surface area contributed by atoms with Gasteiger partial charge in [0.15, 0.2) is 0 Å². The minimum absolute atomic E-state index is 0.0759. The summed E-state index contributed by atoms with van der Waals surface area (Å²) in [6.07, 6.45) is 2.31. The largest absolute Gasteiger partial charge is 0.507 e. The van der Waals surface area contributed by atoms with Crippen LogP contribution in [0.15, 0.2) is 70.9 Å². The van der Waals surface area contributed by atoms with Crippen molar-refractivity contribution in [1.29, 1.82) is 0 Å². The first-order valence-electron chi connectivity index (χ1n) is 10.2. The lowest BCUT2D eigenvalue weighted by Crippen LogP contribution is -2.29. The second kappa shape index (κ2) is 8.63. The van der Waals surface area contributed by atoms with Crippen LogP contribution in [0, 0.1) is 0 Å². The summed E-state index contributed by atoms with van der Waals surface area (Å²) in [5.41, 5.74) is 1.83. The monoisotopic (exact) mass is 433 g/mol. The quantitative estimate of drug-likeness (QED) is 0.350. The number of anilines is 1. The molecule has 164 valence electrons. The minimum Gasteiger partial charge on any atom is -0.507 e. The van der Waals surface area contributed by atoms with Gasteiger partial charge in [0.2, 0.25) is 0 Å². The summed E-state index contributed by atoms with van der Waals surface area (Å²) in [5.74, 6) is -0.711. The fourth-order valence-corrected chi connectivity index (χ4v) is 3.85. The van der Waals surface area contributed by atoms with Crippen molar-refractivity contribution < 1.29 is 28.6 Å². The summed E-state index contributed by atoms with van der Waals surface area (Å²) >= 11 is 0. The van der Waals surface area contributed by atoms with E-state index < -0.39 is 17.7 Å². The molecule has 3 aromatic rings. The number of ether oxygens (including phenoxy) is 2. The molecule has 7 heteroatoms. The van der Waals surface area contributed by atoms with Crippen LogP contribution in [0.1, 0.15) is 29.9 Å². The molecule has 1 aliphatic rings. The number of ketones is 1. The van der Waals surface area contributed by atoms with Crippen LogP contribution in [0.5, 0.6) is 11.5 Å². The number of Topliss-reactive ketones (excluding diaryl/α,β-unsaturated/α-hetero) is 1. The topological polar surface area (TPSA) is 89.2 Å². The van der Waals surface area contributed by atoms with Crippen molar-refractivity contribution >= 4 is 23.1 Å². The molecule has 0 radical (unpaired) electrons. The number of rotatable bonds is 6. The Morgan fingerprint density at radius 2 is 1.81 bits per heavy atom. The Morgan fingerprint density at radius 3 is 2.41 bits per heavy atom. The van der Waals surface area contributed by atoms with Gasteiger partial charge in [0.1, 0.15) is 29.1 Å². The number of furan rings is 1. The third-order valence-electron chi connectivity index (χ3n) is 5.54. The number of aryl methyl sites for hydroxylation is 1. The van der Waals surface area contributed by atoms with Gasteiger partial charge in [0.05, 0.1) is 31.6 Å². The van der Waals surface area contributed by atoms with Gasteiger partial charge in [-0.15, -0.1) is 0 Å². The van der Waals surface area contributed by atoms with Crippen molar-refractivity contribution in [2.24, 2.45) is 0 Å². The molecule has 4 rings (SSSR count). The van der Waals surface area contributed by atoms with Crippen LogP contribution in [0.4, 0.5) is 5.69 Å². The van der Waals surface area contributed by atoms with E-state index in [4.69, 9.17) is 13.9 Å². The van der Waals surface area contributed by atoms with Gasteiger partial charge in [0.25, 0.3) is 11.7 Å². The number of methoxy groups -OCH3 is 2. The lowest BCUT2D eigenvalue weighted by atomic mass is 9.98. The predicted octanol–water partition coefficient (Wildman–Crippen LogP) is 4.49. The molecule has 0 saturated carbocycles. The molecule has 2 aromatic carbocycles. The van der Waals surface area contributed by atoms with Crippen LogP contribution in [0.25, 0.3) is 5.76 Å². The van der Waals surface area contributed by atoms with Crippen LogP contribution < -0.4 is 14.4 Å². The summed E-state index contributed by atoms with van der Waals surface area (Å²) in [7, 11) is 2.96. The average Bonchev–Trinajstić information content (AvgIpc) is 3.45. The second-order valence-corrected chi connectivity index (χ2v) is 7.27. The first-order chi connectivity index (χ1) is 15.5. The van der Waals surface area contributed by atoms with Crippen molar-refractivity contribution in [2.75, 3.05) is 19.1 Å². The molecule has 2 heterocycles. The van der Waals surface area contributed by atoms with Crippen LogP contribution in [0.2, 0.25) is 0 Å². The number of hydrogen-bond donors (Lipinski definition) is 1. The normalized spacial score (nSPS) is 17.6. The second-order valence-electron chi connectivity index (χ2n) is 7.27. The highest BCUT2D eigenvalue weighted by Crippen LogP contribution is 2.43. The van der Waals surface area contributed by atoms with Crippen LogP contribution in [-0.4, -0.2) is 31.0 Å². The molecule has 1 N–H and O–H groups in total. The maximum absolute atomic E-state index is 13.1. The zero-order valence-electron chi connectivity index (χ0n) is 18.0. The average molecular weight is 433 g/mol. The maximum Gasteiger partial charge on any atom is 0.300 e. The summed E-state index contributed by atoms with van der Waals surface area (Å²) in [4.78, 5) is 27.6. The van der Waals surface area contributed by atoms with Gasteiger partial charge in [-0.05, 0) is 48.4 Å². The molecular formula is C25H23NO6. The molecule has 1 unspecified atom stereocenters. The number of aliphatic hydroxyl groups excluding tert-OH is 1. The van der Waals surface area contributed by atoms with E-state index in [0.29, 0.717) is 22.9 Å². The summed E-state index contributed by atoms with van der Waals surface area (Å²) in [5, 5.41) is 11.2. The Hall–Kier alpha value is -4.00. The maximum atomic E-state index is 13.1. The van der Waals surface area contributed by atoms with Gasteiger partial charge >= 0.3 is 0 Å². The third kappa shape index (κ3) is 3.51. The molecule has 1 amide bonds. The number of amides is 1. The molecule has 0 aliphatic carbocycles. The van der Waals surface area contributed by atoms with Crippen LogP contribution in [-0.2, 0) is 16.0 Å². The van der Waals surface area contributed by atoms with Crippen molar-refractivity contribution in [1.82, 2.24) is 0 Å². The fourth-order valence-electron chi connectivity index (χ4n) is 3.85. The van der Waals surface area contributed by atoms with E-state index >= 15 is 0 Å². The number of hydrogen-bond acceptors (Lipinski definition) is 6. The van der Waals surface area contributed by atoms with Crippen LogP contribution in [0.3, 0.4) is 0 Å². The Kier molecular flexibility index (Phi) is 5.73. The van der Waals surface area contributed by atoms with Gasteiger partial charge in [-0.25, -0.2) is 0 Å². The molecule has 0 spiro atoms. The summed E-state index contributed by atoms with van der Waals surface area (Å²) in [6, 6.07) is 14.6. The molecule has 32 heavy (non-hydrogen) atoms.